The zero-order valence-corrected chi connectivity index (χ0v) is 10.8. The number of carbonyl (C=O) groups is 2. The van der Waals surface area contributed by atoms with Gasteiger partial charge in [-0.3, -0.25) is 0 Å². The molecule has 0 spiro atoms. The Bertz CT molecular complexity index is 238. The maximum atomic E-state index is 11.5. The fourth-order valence-electron chi connectivity index (χ4n) is 0.963. The third kappa shape index (κ3) is 3.38. The Labute approximate surface area is 103 Å². The number of carbonyl (C=O) groups excluding carboxylic acids is 2. The van der Waals surface area contributed by atoms with E-state index in [4.69, 9.17) is 9.47 Å². The number of amides is 2. The first-order valence-electron chi connectivity index (χ1n) is 4.90. The van der Waals surface area contributed by atoms with Crippen molar-refractivity contribution in [2.24, 2.45) is 0 Å². The van der Waals surface area contributed by atoms with Crippen molar-refractivity contribution in [3.05, 3.63) is 0 Å². The van der Waals surface area contributed by atoms with Crippen LogP contribution in [0.2, 0.25) is 0 Å². The van der Waals surface area contributed by atoms with E-state index in [1.165, 1.54) is 32.7 Å². The zero-order valence-electron chi connectivity index (χ0n) is 9.17. The summed E-state index contributed by atoms with van der Waals surface area (Å²) in [5, 5.41) is 0. The molecule has 8 heteroatoms. The average Bonchev–Trinajstić information content (AvgIpc) is 2.30. The summed E-state index contributed by atoms with van der Waals surface area (Å²) in [6, 6.07) is 0. The van der Waals surface area contributed by atoms with Gasteiger partial charge >= 0.3 is 12.2 Å². The molecular formula is C8H14N2O4S2. The third-order valence-electron chi connectivity index (χ3n) is 1.52. The van der Waals surface area contributed by atoms with E-state index in [1.54, 1.807) is 13.8 Å². The fourth-order valence-corrected chi connectivity index (χ4v) is 2.85. The molecule has 0 aliphatic carbocycles. The second-order valence-corrected chi connectivity index (χ2v) is 4.63. The molecule has 0 bridgehead atoms. The SMILES string of the molecule is CCOC(=O)N1SCCSN1C(=O)OCC. The second-order valence-electron chi connectivity index (χ2n) is 2.61. The smallest absolute Gasteiger partial charge is 0.440 e. The third-order valence-corrected chi connectivity index (χ3v) is 3.77. The number of ether oxygens (including phenoxy) is 2. The molecule has 0 saturated carbocycles. The van der Waals surface area contributed by atoms with Gasteiger partial charge in [-0.25, -0.2) is 9.59 Å². The first-order chi connectivity index (χ1) is 7.70. The number of nitrogens with zero attached hydrogens (tertiary/aromatic N) is 2. The molecule has 0 atom stereocenters. The summed E-state index contributed by atoms with van der Waals surface area (Å²) in [5.41, 5.74) is 0. The van der Waals surface area contributed by atoms with Crippen LogP contribution in [0, 0.1) is 0 Å². The Hall–Kier alpha value is -0.760. The Morgan fingerprint density at radius 3 is 1.69 bits per heavy atom. The molecule has 0 unspecified atom stereocenters. The van der Waals surface area contributed by atoms with E-state index in [1.807, 2.05) is 0 Å². The van der Waals surface area contributed by atoms with Crippen molar-refractivity contribution < 1.29 is 19.1 Å². The lowest BCUT2D eigenvalue weighted by Gasteiger charge is -2.33. The van der Waals surface area contributed by atoms with Gasteiger partial charge in [0.05, 0.1) is 13.2 Å². The van der Waals surface area contributed by atoms with E-state index >= 15 is 0 Å². The molecule has 1 fully saturated rings. The van der Waals surface area contributed by atoms with Gasteiger partial charge < -0.3 is 9.47 Å². The van der Waals surface area contributed by atoms with Gasteiger partial charge in [-0.1, -0.05) is 0 Å². The van der Waals surface area contributed by atoms with E-state index in [-0.39, 0.29) is 13.2 Å². The predicted molar refractivity (Wildman–Crippen MR) is 62.6 cm³/mol. The highest BCUT2D eigenvalue weighted by molar-refractivity contribution is 8.03. The van der Waals surface area contributed by atoms with Crippen LogP contribution in [0.1, 0.15) is 13.8 Å². The monoisotopic (exact) mass is 266 g/mol. The van der Waals surface area contributed by atoms with Crippen molar-refractivity contribution >= 4 is 36.1 Å². The molecular weight excluding hydrogens is 252 g/mol. The fraction of sp³-hybridized carbons (Fsp3) is 0.750. The van der Waals surface area contributed by atoms with Gasteiger partial charge in [-0.05, 0) is 37.7 Å². The highest BCUT2D eigenvalue weighted by Gasteiger charge is 2.32. The standard InChI is InChI=1S/C8H14N2O4S2/c1-3-13-7(11)9-10(8(12)14-4-2)16-6-5-15-9/h3-6H2,1-2H3. The minimum absolute atomic E-state index is 0.275. The molecule has 1 rings (SSSR count). The molecule has 16 heavy (non-hydrogen) atoms. The van der Waals surface area contributed by atoms with Crippen LogP contribution in [-0.2, 0) is 9.47 Å². The minimum atomic E-state index is -0.548. The predicted octanol–water partition coefficient (Wildman–Crippen LogP) is 2.13. The van der Waals surface area contributed by atoms with Gasteiger partial charge in [0.1, 0.15) is 0 Å². The molecule has 1 heterocycles. The van der Waals surface area contributed by atoms with Crippen molar-refractivity contribution in [2.45, 2.75) is 13.8 Å². The molecule has 2 amide bonds. The number of hydrogen-bond acceptors (Lipinski definition) is 6. The molecule has 6 nitrogen and oxygen atoms in total. The van der Waals surface area contributed by atoms with Gasteiger partial charge in [0.2, 0.25) is 0 Å². The van der Waals surface area contributed by atoms with Gasteiger partial charge in [0.15, 0.2) is 0 Å². The Kier molecular flexibility index (Phi) is 5.61. The summed E-state index contributed by atoms with van der Waals surface area (Å²) in [7, 11) is 0. The lowest BCUT2D eigenvalue weighted by atomic mass is 10.9. The first-order valence-corrected chi connectivity index (χ1v) is 6.78. The highest BCUT2D eigenvalue weighted by Crippen LogP contribution is 2.29. The summed E-state index contributed by atoms with van der Waals surface area (Å²) >= 11 is 2.47. The Morgan fingerprint density at radius 2 is 1.38 bits per heavy atom. The summed E-state index contributed by atoms with van der Waals surface area (Å²) in [6.45, 7) is 3.98. The number of rotatable bonds is 2. The summed E-state index contributed by atoms with van der Waals surface area (Å²) in [6.07, 6.45) is -1.10. The molecule has 1 aliphatic heterocycles. The van der Waals surface area contributed by atoms with E-state index < -0.39 is 12.2 Å². The van der Waals surface area contributed by atoms with Gasteiger partial charge in [0.25, 0.3) is 0 Å². The molecule has 0 radical (unpaired) electrons. The van der Waals surface area contributed by atoms with Gasteiger partial charge in [0, 0.05) is 11.5 Å². The van der Waals surface area contributed by atoms with Gasteiger partial charge in [-0.2, -0.15) is 0 Å². The topological polar surface area (TPSA) is 59.1 Å². The molecule has 0 aromatic rings. The molecule has 0 aromatic carbocycles. The Balaban J connectivity index is 2.63. The molecule has 92 valence electrons. The zero-order chi connectivity index (χ0) is 12.0. The summed E-state index contributed by atoms with van der Waals surface area (Å²) in [4.78, 5) is 23.1. The van der Waals surface area contributed by atoms with E-state index in [9.17, 15) is 9.59 Å². The van der Waals surface area contributed by atoms with Crippen LogP contribution < -0.4 is 0 Å². The largest absolute Gasteiger partial charge is 0.448 e. The van der Waals surface area contributed by atoms with Crippen LogP contribution in [0.4, 0.5) is 9.59 Å². The molecule has 1 aliphatic rings. The van der Waals surface area contributed by atoms with Crippen LogP contribution in [0.5, 0.6) is 0 Å². The van der Waals surface area contributed by atoms with Crippen LogP contribution in [0.3, 0.4) is 0 Å². The number of hydrazine groups is 1. The lowest BCUT2D eigenvalue weighted by Crippen LogP contribution is -2.44. The molecule has 0 aromatic heterocycles. The average molecular weight is 266 g/mol. The Morgan fingerprint density at radius 1 is 1.00 bits per heavy atom. The summed E-state index contributed by atoms with van der Waals surface area (Å²) < 4.78 is 12.1. The maximum Gasteiger partial charge on any atom is 0.440 e. The van der Waals surface area contributed by atoms with Crippen molar-refractivity contribution in [2.75, 3.05) is 24.7 Å². The van der Waals surface area contributed by atoms with E-state index in [0.29, 0.717) is 0 Å². The quantitative estimate of drug-likeness (QED) is 0.714. The van der Waals surface area contributed by atoms with Crippen molar-refractivity contribution in [3.8, 4) is 0 Å². The highest BCUT2D eigenvalue weighted by atomic mass is 32.2. The number of hydrogen-bond donors (Lipinski definition) is 0. The van der Waals surface area contributed by atoms with Crippen molar-refractivity contribution in [3.63, 3.8) is 0 Å². The normalized spacial score (nSPS) is 15.9. The lowest BCUT2D eigenvalue weighted by molar-refractivity contribution is 0.0728. The van der Waals surface area contributed by atoms with Crippen LogP contribution in [0.15, 0.2) is 0 Å². The molecule has 0 N–H and O–H groups in total. The summed E-state index contributed by atoms with van der Waals surface area (Å²) in [5.74, 6) is 1.50. The van der Waals surface area contributed by atoms with E-state index in [2.05, 4.69) is 0 Å². The maximum absolute atomic E-state index is 11.5. The van der Waals surface area contributed by atoms with Crippen LogP contribution >= 0.6 is 23.9 Å². The van der Waals surface area contributed by atoms with E-state index in [0.717, 1.165) is 11.5 Å². The molecule has 1 saturated heterocycles. The minimum Gasteiger partial charge on any atom is -0.448 e. The van der Waals surface area contributed by atoms with Crippen LogP contribution in [-0.4, -0.2) is 45.7 Å². The second kappa shape index (κ2) is 6.74. The van der Waals surface area contributed by atoms with Crippen LogP contribution in [0.25, 0.3) is 0 Å². The van der Waals surface area contributed by atoms with Crippen molar-refractivity contribution in [1.82, 2.24) is 8.83 Å². The first kappa shape index (κ1) is 13.3. The van der Waals surface area contributed by atoms with Crippen molar-refractivity contribution in [1.29, 1.82) is 0 Å². The van der Waals surface area contributed by atoms with Gasteiger partial charge in [-0.15, -0.1) is 8.83 Å².